The van der Waals surface area contributed by atoms with Crippen molar-refractivity contribution in [2.45, 2.75) is 18.9 Å². The van der Waals surface area contributed by atoms with Gasteiger partial charge < -0.3 is 35.8 Å². The van der Waals surface area contributed by atoms with Crippen LogP contribution in [0.5, 0.6) is 11.5 Å². The Morgan fingerprint density at radius 1 is 1.23 bits per heavy atom. The lowest BCUT2D eigenvalue weighted by Crippen LogP contribution is -2.49. The zero-order valence-electron chi connectivity index (χ0n) is 19.5. The molecule has 0 saturated carbocycles. The molecule has 0 spiro atoms. The van der Waals surface area contributed by atoms with Gasteiger partial charge in [0.15, 0.2) is 0 Å². The molecule has 35 heavy (non-hydrogen) atoms. The van der Waals surface area contributed by atoms with Crippen LogP contribution in [0.25, 0.3) is 0 Å². The number of carboxylic acid groups (broad SMARTS) is 1. The zero-order chi connectivity index (χ0) is 24.5. The average Bonchev–Trinajstić information content (AvgIpc) is 2.83. The highest BCUT2D eigenvalue weighted by Gasteiger charge is 2.24. The minimum Gasteiger partial charge on any atom is -0.496 e. The van der Waals surface area contributed by atoms with Gasteiger partial charge in [-0.05, 0) is 50.0 Å². The molecule has 3 rings (SSSR count). The maximum absolute atomic E-state index is 12.7. The van der Waals surface area contributed by atoms with Crippen molar-refractivity contribution >= 4 is 41.7 Å². The Morgan fingerprint density at radius 2 is 1.91 bits per heavy atom. The Bertz CT molecular complexity index is 972. The smallest absolute Gasteiger partial charge is 0.405 e. The van der Waals surface area contributed by atoms with E-state index in [-0.39, 0.29) is 31.0 Å². The first kappa shape index (κ1) is 28.4. The van der Waals surface area contributed by atoms with Gasteiger partial charge in [-0.25, -0.2) is 4.79 Å². The molecule has 1 fully saturated rings. The van der Waals surface area contributed by atoms with Crippen molar-refractivity contribution < 1.29 is 24.2 Å². The highest BCUT2D eigenvalue weighted by Crippen LogP contribution is 2.29. The van der Waals surface area contributed by atoms with E-state index < -0.39 is 6.09 Å². The molecule has 1 unspecified atom stereocenters. The number of benzene rings is 2. The van der Waals surface area contributed by atoms with Gasteiger partial charge in [-0.2, -0.15) is 0 Å². The minimum absolute atomic E-state index is 0. The van der Waals surface area contributed by atoms with Crippen LogP contribution in [-0.2, 0) is 0 Å². The molecular formula is C24H32Cl2N4O5. The summed E-state index contributed by atoms with van der Waals surface area (Å²) in [6, 6.07) is 12.0. The number of nitrogens with two attached hydrogens (primary N) is 1. The van der Waals surface area contributed by atoms with E-state index >= 15 is 0 Å². The SMILES string of the molecule is COc1cc(N)c(Cl)cc1C(=O)NCC1CCN(CC(COc2ccccc2)NC(=O)O)CC1.Cl. The lowest BCUT2D eigenvalue weighted by atomic mass is 9.96. The summed E-state index contributed by atoms with van der Waals surface area (Å²) in [5, 5.41) is 15.0. The molecule has 1 aliphatic rings. The predicted molar refractivity (Wildman–Crippen MR) is 138 cm³/mol. The second-order valence-electron chi connectivity index (χ2n) is 8.30. The lowest BCUT2D eigenvalue weighted by molar-refractivity contribution is 0.0929. The van der Waals surface area contributed by atoms with Crippen LogP contribution < -0.4 is 25.8 Å². The van der Waals surface area contributed by atoms with E-state index in [2.05, 4.69) is 15.5 Å². The first-order valence-corrected chi connectivity index (χ1v) is 11.5. The molecular weight excluding hydrogens is 495 g/mol. The molecule has 192 valence electrons. The number of hydrogen-bond donors (Lipinski definition) is 4. The first-order valence-electron chi connectivity index (χ1n) is 11.2. The number of likely N-dealkylation sites (tertiary alicyclic amines) is 1. The number of anilines is 1. The summed E-state index contributed by atoms with van der Waals surface area (Å²) >= 11 is 6.07. The zero-order valence-corrected chi connectivity index (χ0v) is 21.1. The van der Waals surface area contributed by atoms with Gasteiger partial charge in [0, 0.05) is 19.2 Å². The Hall–Kier alpha value is -2.88. The summed E-state index contributed by atoms with van der Waals surface area (Å²) in [6.45, 7) is 2.95. The monoisotopic (exact) mass is 526 g/mol. The number of amides is 2. The molecule has 11 heteroatoms. The standard InChI is InChI=1S/C24H31ClN4O5.ClH/c1-33-22-12-21(26)20(25)11-19(22)23(30)27-13-16-7-9-29(10-8-16)14-17(28-24(31)32)15-34-18-5-3-2-4-6-18;/h2-6,11-12,16-17,28H,7-10,13-15,26H2,1H3,(H,27,30)(H,31,32);1H. The van der Waals surface area contributed by atoms with Crippen LogP contribution in [0, 0.1) is 5.92 Å². The molecule has 1 heterocycles. The third-order valence-electron chi connectivity index (χ3n) is 5.82. The number of halogens is 2. The number of nitrogen functional groups attached to an aromatic ring is 1. The number of rotatable bonds is 10. The third-order valence-corrected chi connectivity index (χ3v) is 6.15. The van der Waals surface area contributed by atoms with E-state index in [1.165, 1.54) is 13.2 Å². The molecule has 5 N–H and O–H groups in total. The molecule has 2 aromatic rings. The summed E-state index contributed by atoms with van der Waals surface area (Å²) in [7, 11) is 1.48. The van der Waals surface area contributed by atoms with E-state index in [1.807, 2.05) is 30.3 Å². The van der Waals surface area contributed by atoms with Crippen molar-refractivity contribution in [2.24, 2.45) is 5.92 Å². The highest BCUT2D eigenvalue weighted by molar-refractivity contribution is 6.33. The van der Waals surface area contributed by atoms with Crippen molar-refractivity contribution in [2.75, 3.05) is 45.6 Å². The van der Waals surface area contributed by atoms with E-state index in [0.717, 1.165) is 25.9 Å². The Kier molecular flexibility index (Phi) is 11.2. The Balaban J connectivity index is 0.00000432. The summed E-state index contributed by atoms with van der Waals surface area (Å²) in [5.41, 5.74) is 6.49. The van der Waals surface area contributed by atoms with Gasteiger partial charge in [0.25, 0.3) is 5.91 Å². The molecule has 1 atom stereocenters. The van der Waals surface area contributed by atoms with Crippen molar-refractivity contribution in [1.82, 2.24) is 15.5 Å². The number of ether oxygens (including phenoxy) is 2. The molecule has 1 aliphatic heterocycles. The van der Waals surface area contributed by atoms with Crippen molar-refractivity contribution in [1.29, 1.82) is 0 Å². The number of hydrogen-bond acceptors (Lipinski definition) is 6. The second-order valence-corrected chi connectivity index (χ2v) is 8.71. The van der Waals surface area contributed by atoms with Crippen LogP contribution in [0.3, 0.4) is 0 Å². The number of carbonyl (C=O) groups excluding carboxylic acids is 1. The summed E-state index contributed by atoms with van der Waals surface area (Å²) < 4.78 is 11.0. The van der Waals surface area contributed by atoms with E-state index in [4.69, 9.17) is 26.8 Å². The number of para-hydroxylation sites is 1. The van der Waals surface area contributed by atoms with E-state index in [9.17, 15) is 14.7 Å². The van der Waals surface area contributed by atoms with Crippen molar-refractivity contribution in [3.8, 4) is 11.5 Å². The van der Waals surface area contributed by atoms with Crippen molar-refractivity contribution in [3.63, 3.8) is 0 Å². The van der Waals surface area contributed by atoms with Crippen LogP contribution in [0.15, 0.2) is 42.5 Å². The Labute approximate surface area is 216 Å². The van der Waals surface area contributed by atoms with Gasteiger partial charge in [0.05, 0.1) is 29.4 Å². The Morgan fingerprint density at radius 3 is 2.54 bits per heavy atom. The second kappa shape index (κ2) is 13.9. The summed E-state index contributed by atoms with van der Waals surface area (Å²) in [4.78, 5) is 26.1. The van der Waals surface area contributed by atoms with Gasteiger partial charge in [-0.15, -0.1) is 12.4 Å². The van der Waals surface area contributed by atoms with Crippen LogP contribution in [0.1, 0.15) is 23.2 Å². The van der Waals surface area contributed by atoms with Gasteiger partial charge >= 0.3 is 6.09 Å². The number of nitrogens with one attached hydrogen (secondary N) is 2. The van der Waals surface area contributed by atoms with E-state index in [0.29, 0.717) is 46.8 Å². The average molecular weight is 527 g/mol. The third kappa shape index (κ3) is 8.69. The number of nitrogens with zero attached hydrogens (tertiary/aromatic N) is 1. The van der Waals surface area contributed by atoms with Gasteiger partial charge in [0.2, 0.25) is 0 Å². The minimum atomic E-state index is -1.07. The summed E-state index contributed by atoms with van der Waals surface area (Å²) in [6.07, 6.45) is 0.704. The molecule has 0 aromatic heterocycles. The molecule has 1 saturated heterocycles. The topological polar surface area (TPSA) is 126 Å². The largest absolute Gasteiger partial charge is 0.496 e. The van der Waals surface area contributed by atoms with E-state index in [1.54, 1.807) is 6.07 Å². The van der Waals surface area contributed by atoms with Gasteiger partial charge in [-0.1, -0.05) is 29.8 Å². The van der Waals surface area contributed by atoms with Crippen LogP contribution >= 0.6 is 24.0 Å². The van der Waals surface area contributed by atoms with Crippen LogP contribution in [-0.4, -0.2) is 67.9 Å². The van der Waals surface area contributed by atoms with Crippen LogP contribution in [0.4, 0.5) is 10.5 Å². The molecule has 0 bridgehead atoms. The maximum atomic E-state index is 12.7. The summed E-state index contributed by atoms with van der Waals surface area (Å²) in [5.74, 6) is 1.14. The fraction of sp³-hybridized carbons (Fsp3) is 0.417. The molecule has 2 aromatic carbocycles. The van der Waals surface area contributed by atoms with Crippen LogP contribution in [0.2, 0.25) is 5.02 Å². The van der Waals surface area contributed by atoms with Gasteiger partial charge in [-0.3, -0.25) is 4.79 Å². The number of piperidine rings is 1. The maximum Gasteiger partial charge on any atom is 0.405 e. The normalized spacial score (nSPS) is 14.9. The van der Waals surface area contributed by atoms with Gasteiger partial charge in [0.1, 0.15) is 18.1 Å². The molecule has 0 radical (unpaired) electrons. The molecule has 9 nitrogen and oxygen atoms in total. The lowest BCUT2D eigenvalue weighted by Gasteiger charge is -2.34. The highest BCUT2D eigenvalue weighted by atomic mass is 35.5. The fourth-order valence-electron chi connectivity index (χ4n) is 3.96. The first-order chi connectivity index (χ1) is 16.4. The van der Waals surface area contributed by atoms with Crippen molar-refractivity contribution in [3.05, 3.63) is 53.1 Å². The number of carbonyl (C=O) groups is 2. The quantitative estimate of drug-likeness (QED) is 0.349. The molecule has 0 aliphatic carbocycles. The fourth-order valence-corrected chi connectivity index (χ4v) is 4.12. The molecule has 2 amide bonds. The number of methoxy groups -OCH3 is 1. The predicted octanol–water partition coefficient (Wildman–Crippen LogP) is 3.51.